The van der Waals surface area contributed by atoms with E-state index in [0.717, 1.165) is 6.42 Å². The number of rotatable bonds is 6. The highest BCUT2D eigenvalue weighted by Gasteiger charge is 2.15. The van der Waals surface area contributed by atoms with E-state index in [9.17, 15) is 4.79 Å². The summed E-state index contributed by atoms with van der Waals surface area (Å²) in [6.45, 7) is 8.14. The van der Waals surface area contributed by atoms with Crippen LogP contribution in [-0.4, -0.2) is 11.9 Å². The summed E-state index contributed by atoms with van der Waals surface area (Å²) in [5.41, 5.74) is 0.710. The Morgan fingerprint density at radius 2 is 1.88 bits per heavy atom. The number of hydrogen-bond acceptors (Lipinski definition) is 2. The predicted octanol–water partition coefficient (Wildman–Crippen LogP) is 4.09. The zero-order chi connectivity index (χ0) is 12.8. The molecule has 2 nitrogen and oxygen atoms in total. The average Bonchev–Trinajstić information content (AvgIpc) is 2.28. The molecule has 0 fully saturated rings. The lowest BCUT2D eigenvalue weighted by molar-refractivity contribution is 0.0958. The van der Waals surface area contributed by atoms with Crippen LogP contribution in [0, 0.1) is 5.92 Å². The summed E-state index contributed by atoms with van der Waals surface area (Å²) in [5, 5.41) is 0. The molecule has 1 atom stereocenters. The smallest absolute Gasteiger partial charge is 0.166 e. The Balaban J connectivity index is 2.85. The standard InChI is InChI=1S/C15H22O2/c1-5-12(4)10-14(16)13-8-6-7-9-15(13)17-11(2)3/h6-9,11-12H,5,10H2,1-4H3. The zero-order valence-electron chi connectivity index (χ0n) is 11.2. The first kappa shape index (κ1) is 13.8. The SMILES string of the molecule is CCC(C)CC(=O)c1ccccc1OC(C)C. The average molecular weight is 234 g/mol. The van der Waals surface area contributed by atoms with E-state index in [1.54, 1.807) is 0 Å². The molecule has 0 aromatic heterocycles. The van der Waals surface area contributed by atoms with Crippen molar-refractivity contribution in [1.29, 1.82) is 0 Å². The highest BCUT2D eigenvalue weighted by molar-refractivity contribution is 5.98. The van der Waals surface area contributed by atoms with Crippen molar-refractivity contribution in [1.82, 2.24) is 0 Å². The quantitative estimate of drug-likeness (QED) is 0.693. The monoisotopic (exact) mass is 234 g/mol. The van der Waals surface area contributed by atoms with Crippen LogP contribution in [0.15, 0.2) is 24.3 Å². The van der Waals surface area contributed by atoms with E-state index >= 15 is 0 Å². The molecule has 0 saturated carbocycles. The van der Waals surface area contributed by atoms with Gasteiger partial charge in [0.15, 0.2) is 5.78 Å². The van der Waals surface area contributed by atoms with E-state index < -0.39 is 0 Å². The first-order valence-corrected chi connectivity index (χ1v) is 6.33. The fourth-order valence-corrected chi connectivity index (χ4v) is 1.62. The molecule has 1 unspecified atom stereocenters. The van der Waals surface area contributed by atoms with Crippen LogP contribution >= 0.6 is 0 Å². The van der Waals surface area contributed by atoms with E-state index in [-0.39, 0.29) is 11.9 Å². The number of ether oxygens (including phenoxy) is 1. The second kappa shape index (κ2) is 6.43. The number of carbonyl (C=O) groups excluding carboxylic acids is 1. The molecule has 0 radical (unpaired) electrons. The van der Waals surface area contributed by atoms with Crippen LogP contribution in [0.5, 0.6) is 5.75 Å². The second-order valence-corrected chi connectivity index (χ2v) is 4.80. The Kier molecular flexibility index (Phi) is 5.20. The maximum Gasteiger partial charge on any atom is 0.166 e. The molecule has 0 aliphatic heterocycles. The predicted molar refractivity (Wildman–Crippen MR) is 70.6 cm³/mol. The van der Waals surface area contributed by atoms with Crippen LogP contribution in [0.2, 0.25) is 0 Å². The molecule has 1 rings (SSSR count). The molecular formula is C15H22O2. The summed E-state index contributed by atoms with van der Waals surface area (Å²) < 4.78 is 5.66. The zero-order valence-corrected chi connectivity index (χ0v) is 11.2. The van der Waals surface area contributed by atoms with Gasteiger partial charge in [0.25, 0.3) is 0 Å². The molecule has 0 saturated heterocycles. The molecule has 1 aromatic carbocycles. The highest BCUT2D eigenvalue weighted by Crippen LogP contribution is 2.23. The third kappa shape index (κ3) is 4.22. The molecule has 0 spiro atoms. The summed E-state index contributed by atoms with van der Waals surface area (Å²) >= 11 is 0. The van der Waals surface area contributed by atoms with Gasteiger partial charge in [0.2, 0.25) is 0 Å². The number of carbonyl (C=O) groups is 1. The minimum atomic E-state index is 0.0903. The molecular weight excluding hydrogens is 212 g/mol. The van der Waals surface area contributed by atoms with Crippen molar-refractivity contribution in [2.75, 3.05) is 0 Å². The molecule has 0 aliphatic carbocycles. The molecule has 0 heterocycles. The van der Waals surface area contributed by atoms with Crippen LogP contribution in [0.4, 0.5) is 0 Å². The Labute approximate surface area is 104 Å². The first-order chi connectivity index (χ1) is 8.04. The van der Waals surface area contributed by atoms with Gasteiger partial charge in [0.05, 0.1) is 11.7 Å². The second-order valence-electron chi connectivity index (χ2n) is 4.80. The number of hydrogen-bond donors (Lipinski definition) is 0. The Morgan fingerprint density at radius 3 is 2.47 bits per heavy atom. The first-order valence-electron chi connectivity index (χ1n) is 6.33. The van der Waals surface area contributed by atoms with Gasteiger partial charge in [-0.05, 0) is 31.9 Å². The van der Waals surface area contributed by atoms with Crippen LogP contribution in [0.25, 0.3) is 0 Å². The van der Waals surface area contributed by atoms with Crippen molar-refractivity contribution in [3.8, 4) is 5.75 Å². The van der Waals surface area contributed by atoms with Crippen LogP contribution in [0.3, 0.4) is 0 Å². The molecule has 2 heteroatoms. The van der Waals surface area contributed by atoms with Gasteiger partial charge < -0.3 is 4.74 Å². The van der Waals surface area contributed by atoms with E-state index in [2.05, 4.69) is 13.8 Å². The van der Waals surface area contributed by atoms with Gasteiger partial charge in [-0.15, -0.1) is 0 Å². The van der Waals surface area contributed by atoms with Gasteiger partial charge in [-0.2, -0.15) is 0 Å². The van der Waals surface area contributed by atoms with Crippen molar-refractivity contribution < 1.29 is 9.53 Å². The molecule has 0 bridgehead atoms. The van der Waals surface area contributed by atoms with Gasteiger partial charge in [-0.3, -0.25) is 4.79 Å². The van der Waals surface area contributed by atoms with Crippen LogP contribution in [-0.2, 0) is 0 Å². The molecule has 94 valence electrons. The van der Waals surface area contributed by atoms with Crippen molar-refractivity contribution in [3.05, 3.63) is 29.8 Å². The van der Waals surface area contributed by atoms with Crippen LogP contribution < -0.4 is 4.74 Å². The van der Waals surface area contributed by atoms with Gasteiger partial charge in [-0.25, -0.2) is 0 Å². The summed E-state index contributed by atoms with van der Waals surface area (Å²) in [6.07, 6.45) is 1.71. The van der Waals surface area contributed by atoms with E-state index in [1.807, 2.05) is 38.1 Å². The third-order valence-electron chi connectivity index (χ3n) is 2.78. The maximum atomic E-state index is 12.1. The fourth-order valence-electron chi connectivity index (χ4n) is 1.62. The number of ketones is 1. The Morgan fingerprint density at radius 1 is 1.24 bits per heavy atom. The summed E-state index contributed by atoms with van der Waals surface area (Å²) in [5.74, 6) is 1.31. The summed E-state index contributed by atoms with van der Waals surface area (Å²) in [6, 6.07) is 7.50. The minimum Gasteiger partial charge on any atom is -0.490 e. The fraction of sp³-hybridized carbons (Fsp3) is 0.533. The van der Waals surface area contributed by atoms with Crippen molar-refractivity contribution in [2.45, 2.75) is 46.6 Å². The minimum absolute atomic E-state index is 0.0903. The van der Waals surface area contributed by atoms with E-state index in [1.165, 1.54) is 0 Å². The lowest BCUT2D eigenvalue weighted by atomic mass is 9.97. The van der Waals surface area contributed by atoms with Gasteiger partial charge in [0.1, 0.15) is 5.75 Å². The normalized spacial score (nSPS) is 12.5. The van der Waals surface area contributed by atoms with Gasteiger partial charge in [-0.1, -0.05) is 32.4 Å². The molecule has 1 aromatic rings. The molecule has 17 heavy (non-hydrogen) atoms. The van der Waals surface area contributed by atoms with Gasteiger partial charge >= 0.3 is 0 Å². The Hall–Kier alpha value is -1.31. The molecule has 0 N–H and O–H groups in total. The van der Waals surface area contributed by atoms with E-state index in [4.69, 9.17) is 4.74 Å². The Bertz CT molecular complexity index is 369. The lowest BCUT2D eigenvalue weighted by Crippen LogP contribution is -2.11. The van der Waals surface area contributed by atoms with Crippen molar-refractivity contribution in [2.24, 2.45) is 5.92 Å². The van der Waals surface area contributed by atoms with Crippen molar-refractivity contribution >= 4 is 5.78 Å². The molecule has 0 aliphatic rings. The number of Topliss-reactive ketones (excluding diaryl/α,β-unsaturated/α-hetero) is 1. The largest absolute Gasteiger partial charge is 0.490 e. The third-order valence-corrected chi connectivity index (χ3v) is 2.78. The number of benzene rings is 1. The summed E-state index contributed by atoms with van der Waals surface area (Å²) in [4.78, 5) is 12.1. The van der Waals surface area contributed by atoms with E-state index in [0.29, 0.717) is 23.7 Å². The molecule has 0 amide bonds. The van der Waals surface area contributed by atoms with Crippen LogP contribution in [0.1, 0.15) is 50.9 Å². The number of para-hydroxylation sites is 1. The summed E-state index contributed by atoms with van der Waals surface area (Å²) in [7, 11) is 0. The topological polar surface area (TPSA) is 26.3 Å². The van der Waals surface area contributed by atoms with Gasteiger partial charge in [0, 0.05) is 6.42 Å². The maximum absolute atomic E-state index is 12.1. The highest BCUT2D eigenvalue weighted by atomic mass is 16.5. The lowest BCUT2D eigenvalue weighted by Gasteiger charge is -2.14. The van der Waals surface area contributed by atoms with Crippen molar-refractivity contribution in [3.63, 3.8) is 0 Å².